The largest absolute Gasteiger partial charge is 0.348 e. The second-order valence-corrected chi connectivity index (χ2v) is 9.11. The van der Waals surface area contributed by atoms with E-state index in [1.165, 1.54) is 17.9 Å². The molecule has 2 aromatic carbocycles. The number of hydrogen-bond acceptors (Lipinski definition) is 6. The molecular formula is C24H25N5O2S. The van der Waals surface area contributed by atoms with Crippen LogP contribution in [-0.4, -0.2) is 47.2 Å². The molecule has 1 fully saturated rings. The maximum absolute atomic E-state index is 12.5. The SMILES string of the molecule is O=C(CCC(=O)N1CCC(c2ccccc2)=N1)Nc1ccc2nc(N3CCCC3)sc2c1. The third-order valence-corrected chi connectivity index (χ3v) is 6.88. The van der Waals surface area contributed by atoms with Crippen LogP contribution in [0.4, 0.5) is 10.8 Å². The van der Waals surface area contributed by atoms with Gasteiger partial charge in [0.2, 0.25) is 11.8 Å². The molecule has 8 heteroatoms. The van der Waals surface area contributed by atoms with Gasteiger partial charge in [-0.2, -0.15) is 5.10 Å². The Morgan fingerprint density at radius 2 is 1.81 bits per heavy atom. The molecule has 7 nitrogen and oxygen atoms in total. The number of hydrazone groups is 1. The van der Waals surface area contributed by atoms with Crippen molar-refractivity contribution in [2.45, 2.75) is 32.1 Å². The van der Waals surface area contributed by atoms with Crippen molar-refractivity contribution in [1.82, 2.24) is 9.99 Å². The highest BCUT2D eigenvalue weighted by atomic mass is 32.1. The van der Waals surface area contributed by atoms with Crippen LogP contribution in [-0.2, 0) is 9.59 Å². The summed E-state index contributed by atoms with van der Waals surface area (Å²) in [4.78, 5) is 32.0. The second-order valence-electron chi connectivity index (χ2n) is 8.10. The third-order valence-electron chi connectivity index (χ3n) is 5.80. The van der Waals surface area contributed by atoms with Crippen molar-refractivity contribution in [3.05, 3.63) is 54.1 Å². The minimum Gasteiger partial charge on any atom is -0.348 e. The van der Waals surface area contributed by atoms with Crippen molar-refractivity contribution in [3.63, 3.8) is 0 Å². The Hall–Kier alpha value is -3.26. The first-order valence-corrected chi connectivity index (χ1v) is 11.9. The number of anilines is 2. The Morgan fingerprint density at radius 1 is 1.00 bits per heavy atom. The van der Waals surface area contributed by atoms with E-state index in [9.17, 15) is 9.59 Å². The number of carbonyl (C=O) groups is 2. The molecule has 3 aromatic rings. The van der Waals surface area contributed by atoms with Crippen LogP contribution in [0.15, 0.2) is 53.6 Å². The first-order valence-electron chi connectivity index (χ1n) is 11.0. The number of amides is 2. The maximum Gasteiger partial charge on any atom is 0.243 e. The molecule has 2 amide bonds. The van der Waals surface area contributed by atoms with Gasteiger partial charge in [-0.15, -0.1) is 0 Å². The molecule has 2 aliphatic heterocycles. The van der Waals surface area contributed by atoms with Crippen LogP contribution >= 0.6 is 11.3 Å². The summed E-state index contributed by atoms with van der Waals surface area (Å²) in [6.45, 7) is 2.68. The Labute approximate surface area is 190 Å². The molecule has 5 rings (SSSR count). The molecule has 0 unspecified atom stereocenters. The van der Waals surface area contributed by atoms with E-state index in [2.05, 4.69) is 15.3 Å². The van der Waals surface area contributed by atoms with E-state index in [1.54, 1.807) is 11.3 Å². The standard InChI is InChI=1S/C24H25N5O2S/c30-22(10-11-23(31)29-15-12-19(27-29)17-6-2-1-3-7-17)25-18-8-9-20-21(16-18)32-24(26-20)28-13-4-5-14-28/h1-3,6-9,16H,4-5,10-15H2,(H,25,30). The van der Waals surface area contributed by atoms with Crippen molar-refractivity contribution < 1.29 is 9.59 Å². The second kappa shape index (κ2) is 9.08. The molecule has 3 heterocycles. The van der Waals surface area contributed by atoms with Gasteiger partial charge in [0, 0.05) is 38.0 Å². The minimum absolute atomic E-state index is 0.126. The lowest BCUT2D eigenvalue weighted by Crippen LogP contribution is -2.24. The van der Waals surface area contributed by atoms with Crippen molar-refractivity contribution in [3.8, 4) is 0 Å². The molecule has 1 saturated heterocycles. The third kappa shape index (κ3) is 4.50. The summed E-state index contributed by atoms with van der Waals surface area (Å²) >= 11 is 1.66. The summed E-state index contributed by atoms with van der Waals surface area (Å²) in [5.74, 6) is -0.298. The van der Waals surface area contributed by atoms with Gasteiger partial charge in [-0.05, 0) is 36.6 Å². The number of fused-ring (bicyclic) bond motifs is 1. The average molecular weight is 448 g/mol. The monoisotopic (exact) mass is 447 g/mol. The van der Waals surface area contributed by atoms with E-state index < -0.39 is 0 Å². The van der Waals surface area contributed by atoms with E-state index in [-0.39, 0.29) is 24.7 Å². The summed E-state index contributed by atoms with van der Waals surface area (Å²) in [5, 5.41) is 9.90. The fourth-order valence-electron chi connectivity index (χ4n) is 4.08. The fraction of sp³-hybridized carbons (Fsp3) is 0.333. The number of carbonyl (C=O) groups excluding carboxylic acids is 2. The number of nitrogens with zero attached hydrogens (tertiary/aromatic N) is 4. The lowest BCUT2D eigenvalue weighted by molar-refractivity contribution is -0.132. The molecule has 0 bridgehead atoms. The molecule has 32 heavy (non-hydrogen) atoms. The van der Waals surface area contributed by atoms with Crippen LogP contribution in [0, 0.1) is 0 Å². The van der Waals surface area contributed by atoms with Gasteiger partial charge < -0.3 is 10.2 Å². The van der Waals surface area contributed by atoms with Gasteiger partial charge >= 0.3 is 0 Å². The summed E-state index contributed by atoms with van der Waals surface area (Å²) in [6, 6.07) is 15.6. The first-order chi connectivity index (χ1) is 15.7. The van der Waals surface area contributed by atoms with Gasteiger partial charge in [0.15, 0.2) is 5.13 Å². The van der Waals surface area contributed by atoms with Crippen molar-refractivity contribution in [2.75, 3.05) is 29.9 Å². The molecule has 0 saturated carbocycles. The summed E-state index contributed by atoms with van der Waals surface area (Å²) in [6.07, 6.45) is 3.43. The van der Waals surface area contributed by atoms with E-state index in [1.807, 2.05) is 48.5 Å². The van der Waals surface area contributed by atoms with Crippen molar-refractivity contribution in [1.29, 1.82) is 0 Å². The smallest absolute Gasteiger partial charge is 0.243 e. The Kier molecular flexibility index (Phi) is 5.85. The predicted octanol–water partition coefficient (Wildman–Crippen LogP) is 4.25. The number of rotatable bonds is 6. The fourth-order valence-corrected chi connectivity index (χ4v) is 5.13. The molecule has 1 N–H and O–H groups in total. The minimum atomic E-state index is -0.173. The van der Waals surface area contributed by atoms with Gasteiger partial charge in [-0.1, -0.05) is 41.7 Å². The first kappa shape index (κ1) is 20.6. The van der Waals surface area contributed by atoms with Crippen molar-refractivity contribution in [2.24, 2.45) is 5.10 Å². The van der Waals surface area contributed by atoms with E-state index >= 15 is 0 Å². The zero-order valence-corrected chi connectivity index (χ0v) is 18.6. The highest BCUT2D eigenvalue weighted by molar-refractivity contribution is 7.22. The summed E-state index contributed by atoms with van der Waals surface area (Å²) in [7, 11) is 0. The molecule has 2 aliphatic rings. The Balaban J connectivity index is 1.16. The quantitative estimate of drug-likeness (QED) is 0.613. The van der Waals surface area contributed by atoms with E-state index in [0.29, 0.717) is 6.54 Å². The molecule has 0 radical (unpaired) electrons. The van der Waals surface area contributed by atoms with Gasteiger partial charge in [0.25, 0.3) is 0 Å². The highest BCUT2D eigenvalue weighted by Gasteiger charge is 2.22. The van der Waals surface area contributed by atoms with Crippen LogP contribution in [0.1, 0.15) is 37.7 Å². The number of benzene rings is 2. The van der Waals surface area contributed by atoms with Crippen molar-refractivity contribution >= 4 is 49.9 Å². The molecule has 0 aliphatic carbocycles. The highest BCUT2D eigenvalue weighted by Crippen LogP contribution is 2.32. The van der Waals surface area contributed by atoms with Gasteiger partial charge in [0.05, 0.1) is 22.5 Å². The van der Waals surface area contributed by atoms with Crippen LogP contribution in [0.5, 0.6) is 0 Å². The summed E-state index contributed by atoms with van der Waals surface area (Å²) in [5.41, 5.74) is 3.63. The maximum atomic E-state index is 12.5. The van der Waals surface area contributed by atoms with E-state index in [0.717, 1.165) is 51.8 Å². The Morgan fingerprint density at radius 3 is 2.62 bits per heavy atom. The van der Waals surface area contributed by atoms with Gasteiger partial charge in [-0.3, -0.25) is 9.59 Å². The topological polar surface area (TPSA) is 77.9 Å². The molecule has 1 aromatic heterocycles. The molecular weight excluding hydrogens is 422 g/mol. The summed E-state index contributed by atoms with van der Waals surface area (Å²) < 4.78 is 1.06. The van der Waals surface area contributed by atoms with Crippen LogP contribution < -0.4 is 10.2 Å². The normalized spacial score (nSPS) is 15.9. The number of nitrogens with one attached hydrogen (secondary N) is 1. The lowest BCUT2D eigenvalue weighted by Gasteiger charge is -2.11. The molecule has 0 spiro atoms. The molecule has 164 valence electrons. The lowest BCUT2D eigenvalue weighted by atomic mass is 10.1. The van der Waals surface area contributed by atoms with E-state index in [4.69, 9.17) is 4.98 Å². The Bertz CT molecular complexity index is 1170. The van der Waals surface area contributed by atoms with Gasteiger partial charge in [-0.25, -0.2) is 9.99 Å². The van der Waals surface area contributed by atoms with Crippen LogP contribution in [0.2, 0.25) is 0 Å². The average Bonchev–Trinajstić information content (AvgIpc) is 3.58. The predicted molar refractivity (Wildman–Crippen MR) is 128 cm³/mol. The number of thiazole rings is 1. The zero-order valence-electron chi connectivity index (χ0n) is 17.8. The van der Waals surface area contributed by atoms with Crippen LogP contribution in [0.25, 0.3) is 10.2 Å². The zero-order chi connectivity index (χ0) is 21.9. The number of aromatic nitrogens is 1. The van der Waals surface area contributed by atoms with Gasteiger partial charge in [0.1, 0.15) is 0 Å². The van der Waals surface area contributed by atoms with Crippen LogP contribution in [0.3, 0.4) is 0 Å². The number of hydrogen-bond donors (Lipinski definition) is 1. The molecule has 0 atom stereocenters.